The van der Waals surface area contributed by atoms with E-state index in [0.29, 0.717) is 18.4 Å². The highest BCUT2D eigenvalue weighted by atomic mass is 32.2. The van der Waals surface area contributed by atoms with Crippen LogP contribution in [0.3, 0.4) is 0 Å². The van der Waals surface area contributed by atoms with Gasteiger partial charge in [-0.25, -0.2) is 8.42 Å². The molecule has 0 atom stereocenters. The molecule has 0 radical (unpaired) electrons. The SMILES string of the molecule is O=C(c1ccccc1)C1(S(=O)(=O)c2ccccc2)CCCCC1. The number of hydrogen-bond acceptors (Lipinski definition) is 3. The van der Waals surface area contributed by atoms with Crippen molar-refractivity contribution in [3.8, 4) is 0 Å². The number of sulfone groups is 1. The van der Waals surface area contributed by atoms with E-state index in [1.807, 2.05) is 6.07 Å². The molecule has 0 heterocycles. The number of ketones is 1. The molecule has 0 unspecified atom stereocenters. The van der Waals surface area contributed by atoms with Gasteiger partial charge in [0.25, 0.3) is 0 Å². The molecule has 0 N–H and O–H groups in total. The number of carbonyl (C=O) groups is 1. The van der Waals surface area contributed by atoms with Gasteiger partial charge in [0.1, 0.15) is 4.75 Å². The third-order valence-electron chi connectivity index (χ3n) is 4.68. The van der Waals surface area contributed by atoms with Crippen molar-refractivity contribution in [3.63, 3.8) is 0 Å². The van der Waals surface area contributed by atoms with Gasteiger partial charge in [-0.1, -0.05) is 67.8 Å². The Morgan fingerprint density at radius 1 is 0.783 bits per heavy atom. The van der Waals surface area contributed by atoms with Gasteiger partial charge in [-0.2, -0.15) is 0 Å². The molecule has 1 aliphatic carbocycles. The zero-order valence-electron chi connectivity index (χ0n) is 12.9. The summed E-state index contributed by atoms with van der Waals surface area (Å²) in [6.07, 6.45) is 3.32. The molecule has 0 amide bonds. The van der Waals surface area contributed by atoms with Crippen molar-refractivity contribution in [1.29, 1.82) is 0 Å². The van der Waals surface area contributed by atoms with Crippen LogP contribution < -0.4 is 0 Å². The second-order valence-corrected chi connectivity index (χ2v) is 8.33. The Labute approximate surface area is 137 Å². The Hall–Kier alpha value is -1.94. The average molecular weight is 328 g/mol. The molecule has 2 aromatic carbocycles. The molecule has 0 aliphatic heterocycles. The van der Waals surface area contributed by atoms with Gasteiger partial charge in [-0.15, -0.1) is 0 Å². The van der Waals surface area contributed by atoms with E-state index in [4.69, 9.17) is 0 Å². The first kappa shape index (κ1) is 15.9. The Morgan fingerprint density at radius 3 is 1.87 bits per heavy atom. The molecular weight excluding hydrogens is 308 g/mol. The topological polar surface area (TPSA) is 51.2 Å². The van der Waals surface area contributed by atoms with Crippen LogP contribution in [0.25, 0.3) is 0 Å². The normalized spacial score (nSPS) is 17.6. The number of benzene rings is 2. The van der Waals surface area contributed by atoms with Crippen molar-refractivity contribution < 1.29 is 13.2 Å². The van der Waals surface area contributed by atoms with E-state index in [9.17, 15) is 13.2 Å². The van der Waals surface area contributed by atoms with Crippen molar-refractivity contribution in [2.24, 2.45) is 0 Å². The lowest BCUT2D eigenvalue weighted by atomic mass is 9.83. The van der Waals surface area contributed by atoms with Crippen LogP contribution in [0.2, 0.25) is 0 Å². The molecule has 0 bridgehead atoms. The van der Waals surface area contributed by atoms with Crippen LogP contribution in [-0.4, -0.2) is 18.9 Å². The summed E-state index contributed by atoms with van der Waals surface area (Å²) in [6.45, 7) is 0. The third-order valence-corrected chi connectivity index (χ3v) is 7.19. The van der Waals surface area contributed by atoms with E-state index in [2.05, 4.69) is 0 Å². The maximum absolute atomic E-state index is 13.3. The lowest BCUT2D eigenvalue weighted by Gasteiger charge is -2.35. The monoisotopic (exact) mass is 328 g/mol. The molecule has 3 rings (SSSR count). The first-order chi connectivity index (χ1) is 11.1. The second kappa shape index (κ2) is 6.28. The van der Waals surface area contributed by atoms with E-state index in [1.54, 1.807) is 54.6 Å². The summed E-state index contributed by atoms with van der Waals surface area (Å²) >= 11 is 0. The van der Waals surface area contributed by atoms with Crippen LogP contribution in [-0.2, 0) is 9.84 Å². The van der Waals surface area contributed by atoms with E-state index < -0.39 is 14.6 Å². The quantitative estimate of drug-likeness (QED) is 0.796. The molecule has 0 saturated heterocycles. The molecule has 3 nitrogen and oxygen atoms in total. The Bertz CT molecular complexity index is 774. The fourth-order valence-electron chi connectivity index (χ4n) is 3.42. The second-order valence-electron chi connectivity index (χ2n) is 6.07. The molecule has 1 aliphatic rings. The van der Waals surface area contributed by atoms with Gasteiger partial charge >= 0.3 is 0 Å². The minimum atomic E-state index is -3.72. The number of hydrogen-bond donors (Lipinski definition) is 0. The summed E-state index contributed by atoms with van der Waals surface area (Å²) < 4.78 is 25.3. The van der Waals surface area contributed by atoms with Crippen molar-refractivity contribution in [3.05, 3.63) is 66.2 Å². The van der Waals surface area contributed by atoms with E-state index in [-0.39, 0.29) is 10.7 Å². The van der Waals surface area contributed by atoms with Crippen molar-refractivity contribution >= 4 is 15.6 Å². The van der Waals surface area contributed by atoms with Crippen molar-refractivity contribution in [2.45, 2.75) is 41.7 Å². The maximum atomic E-state index is 13.3. The summed E-state index contributed by atoms with van der Waals surface area (Å²) in [5, 5.41) is 0. The summed E-state index contributed by atoms with van der Waals surface area (Å²) in [6, 6.07) is 17.2. The molecule has 23 heavy (non-hydrogen) atoms. The molecular formula is C19H20O3S. The van der Waals surface area contributed by atoms with E-state index in [1.165, 1.54) is 0 Å². The van der Waals surface area contributed by atoms with E-state index >= 15 is 0 Å². The van der Waals surface area contributed by atoms with Gasteiger partial charge < -0.3 is 0 Å². The molecule has 1 fully saturated rings. The summed E-state index contributed by atoms with van der Waals surface area (Å²) in [7, 11) is -3.72. The van der Waals surface area contributed by atoms with Crippen LogP contribution >= 0.6 is 0 Å². The smallest absolute Gasteiger partial charge is 0.191 e. The fourth-order valence-corrected chi connectivity index (χ4v) is 5.57. The minimum Gasteiger partial charge on any atom is -0.292 e. The highest BCUT2D eigenvalue weighted by molar-refractivity contribution is 7.93. The average Bonchev–Trinajstić information content (AvgIpc) is 2.63. The summed E-state index contributed by atoms with van der Waals surface area (Å²) in [4.78, 5) is 13.4. The van der Waals surface area contributed by atoms with Gasteiger partial charge in [0.05, 0.1) is 4.90 Å². The molecule has 0 aromatic heterocycles. The van der Waals surface area contributed by atoms with Crippen molar-refractivity contribution in [2.75, 3.05) is 0 Å². The molecule has 4 heteroatoms. The number of Topliss-reactive ketones (excluding diaryl/α,β-unsaturated/α-hetero) is 1. The zero-order valence-corrected chi connectivity index (χ0v) is 13.8. The van der Waals surface area contributed by atoms with Gasteiger partial charge in [0, 0.05) is 5.56 Å². The van der Waals surface area contributed by atoms with Gasteiger partial charge in [0.2, 0.25) is 0 Å². The number of rotatable bonds is 4. The lowest BCUT2D eigenvalue weighted by Crippen LogP contribution is -2.48. The maximum Gasteiger partial charge on any atom is 0.191 e. The molecule has 0 spiro atoms. The molecule has 2 aromatic rings. The summed E-state index contributed by atoms with van der Waals surface area (Å²) in [5.41, 5.74) is 0.480. The largest absolute Gasteiger partial charge is 0.292 e. The fraction of sp³-hybridized carbons (Fsp3) is 0.316. The third kappa shape index (κ3) is 2.72. The predicted molar refractivity (Wildman–Crippen MR) is 90.2 cm³/mol. The predicted octanol–water partition coefficient (Wildman–Crippen LogP) is 4.05. The van der Waals surface area contributed by atoms with Gasteiger partial charge in [-0.3, -0.25) is 4.79 Å². The standard InChI is InChI=1S/C19H20O3S/c20-18(16-10-4-1-5-11-16)19(14-8-3-9-15-19)23(21,22)17-12-6-2-7-13-17/h1-2,4-7,10-13H,3,8-9,14-15H2. The summed E-state index contributed by atoms with van der Waals surface area (Å²) in [5.74, 6) is -0.262. The van der Waals surface area contributed by atoms with Crippen LogP contribution in [0.4, 0.5) is 0 Å². The van der Waals surface area contributed by atoms with Crippen LogP contribution in [0, 0.1) is 0 Å². The highest BCUT2D eigenvalue weighted by Crippen LogP contribution is 2.41. The number of carbonyl (C=O) groups excluding carboxylic acids is 1. The van der Waals surface area contributed by atoms with E-state index in [0.717, 1.165) is 19.3 Å². The Morgan fingerprint density at radius 2 is 1.30 bits per heavy atom. The first-order valence-electron chi connectivity index (χ1n) is 7.97. The van der Waals surface area contributed by atoms with Crippen molar-refractivity contribution in [1.82, 2.24) is 0 Å². The van der Waals surface area contributed by atoms with Crippen LogP contribution in [0.5, 0.6) is 0 Å². The minimum absolute atomic E-state index is 0.242. The molecule has 120 valence electrons. The van der Waals surface area contributed by atoms with Crippen LogP contribution in [0.15, 0.2) is 65.6 Å². The first-order valence-corrected chi connectivity index (χ1v) is 9.46. The lowest BCUT2D eigenvalue weighted by molar-refractivity contribution is 0.0912. The Kier molecular flexibility index (Phi) is 4.35. The molecule has 1 saturated carbocycles. The van der Waals surface area contributed by atoms with Crippen LogP contribution in [0.1, 0.15) is 42.5 Å². The van der Waals surface area contributed by atoms with Gasteiger partial charge in [-0.05, 0) is 25.0 Å². The highest BCUT2D eigenvalue weighted by Gasteiger charge is 2.51. The zero-order chi connectivity index (χ0) is 16.3. The Balaban J connectivity index is 2.13. The van der Waals surface area contributed by atoms with Gasteiger partial charge in [0.15, 0.2) is 15.6 Å².